The molecule has 110 valence electrons. The zero-order valence-electron chi connectivity index (χ0n) is 10.8. The van der Waals surface area contributed by atoms with E-state index in [9.17, 15) is 14.4 Å². The highest BCUT2D eigenvalue weighted by Gasteiger charge is 2.24. The van der Waals surface area contributed by atoms with E-state index in [4.69, 9.17) is 15.3 Å². The molecule has 0 aromatic carbocycles. The maximum atomic E-state index is 11.6. The Morgan fingerprint density at radius 1 is 1.16 bits per heavy atom. The molecule has 0 fully saturated rings. The van der Waals surface area contributed by atoms with Crippen LogP contribution in [0, 0.1) is 0 Å². The number of hydrogen-bond donors (Lipinski definition) is 4. The molecule has 0 heterocycles. The van der Waals surface area contributed by atoms with E-state index in [0.717, 1.165) is 6.42 Å². The molecule has 0 radical (unpaired) electrons. The third-order valence-electron chi connectivity index (χ3n) is 2.47. The van der Waals surface area contributed by atoms with Crippen molar-refractivity contribution >= 4 is 18.0 Å². The summed E-state index contributed by atoms with van der Waals surface area (Å²) in [5.74, 6) is -2.68. The normalized spacial score (nSPS) is 11.7. The quantitative estimate of drug-likeness (QED) is 0.429. The van der Waals surface area contributed by atoms with Crippen LogP contribution in [0.15, 0.2) is 0 Å². The molecule has 0 spiro atoms. The molecular formula is C11H20N2O6. The summed E-state index contributed by atoms with van der Waals surface area (Å²) in [6.45, 7) is 0.501. The Kier molecular flexibility index (Phi) is 8.27. The predicted octanol–water partition coefficient (Wildman–Crippen LogP) is -0.282. The van der Waals surface area contributed by atoms with Crippen molar-refractivity contribution in [1.29, 1.82) is 0 Å². The maximum absolute atomic E-state index is 11.6. The number of urea groups is 1. The van der Waals surface area contributed by atoms with E-state index in [1.807, 2.05) is 0 Å². The highest BCUT2D eigenvalue weighted by atomic mass is 16.4. The van der Waals surface area contributed by atoms with Crippen molar-refractivity contribution < 1.29 is 29.7 Å². The maximum Gasteiger partial charge on any atom is 0.326 e. The Morgan fingerprint density at radius 3 is 2.26 bits per heavy atom. The molecule has 0 unspecified atom stereocenters. The average Bonchev–Trinajstić information content (AvgIpc) is 2.32. The van der Waals surface area contributed by atoms with Crippen LogP contribution in [0.3, 0.4) is 0 Å². The third kappa shape index (κ3) is 7.98. The number of nitrogens with one attached hydrogen (secondary N) is 1. The summed E-state index contributed by atoms with van der Waals surface area (Å²) in [6, 6.07) is -2.07. The lowest BCUT2D eigenvalue weighted by Crippen LogP contribution is -2.47. The van der Waals surface area contributed by atoms with Crippen LogP contribution in [0.1, 0.15) is 25.7 Å². The van der Waals surface area contributed by atoms with Crippen molar-refractivity contribution in [2.75, 3.05) is 20.2 Å². The molecule has 0 aliphatic carbocycles. The molecule has 0 bridgehead atoms. The van der Waals surface area contributed by atoms with Crippen LogP contribution in [0.5, 0.6) is 0 Å². The molecule has 0 aromatic heterocycles. The SMILES string of the molecule is CN(CCCCCO)C(=O)N[C@H](CC(=O)O)C(=O)O. The van der Waals surface area contributed by atoms with Crippen molar-refractivity contribution in [3.8, 4) is 0 Å². The van der Waals surface area contributed by atoms with Crippen molar-refractivity contribution in [3.63, 3.8) is 0 Å². The number of hydrogen-bond acceptors (Lipinski definition) is 4. The minimum Gasteiger partial charge on any atom is -0.481 e. The van der Waals surface area contributed by atoms with Crippen LogP contribution in [0.4, 0.5) is 4.79 Å². The van der Waals surface area contributed by atoms with Crippen LogP contribution in [-0.4, -0.2) is 64.4 Å². The predicted molar refractivity (Wildman–Crippen MR) is 65.8 cm³/mol. The zero-order chi connectivity index (χ0) is 14.8. The highest BCUT2D eigenvalue weighted by Crippen LogP contribution is 1.99. The van der Waals surface area contributed by atoms with Gasteiger partial charge in [0.05, 0.1) is 6.42 Å². The van der Waals surface area contributed by atoms with E-state index in [-0.39, 0.29) is 6.61 Å². The second-order valence-corrected chi connectivity index (χ2v) is 4.14. The lowest BCUT2D eigenvalue weighted by Gasteiger charge is -2.20. The number of rotatable bonds is 9. The van der Waals surface area contributed by atoms with E-state index in [1.165, 1.54) is 11.9 Å². The molecule has 8 heteroatoms. The van der Waals surface area contributed by atoms with E-state index in [0.29, 0.717) is 19.4 Å². The molecule has 0 aliphatic rings. The first kappa shape index (κ1) is 17.2. The second-order valence-electron chi connectivity index (χ2n) is 4.14. The number of carboxylic acid groups (broad SMARTS) is 2. The summed E-state index contributed by atoms with van der Waals surface area (Å²) < 4.78 is 0. The first-order chi connectivity index (χ1) is 8.88. The van der Waals surface area contributed by atoms with Crippen LogP contribution >= 0.6 is 0 Å². The molecule has 19 heavy (non-hydrogen) atoms. The molecule has 4 N–H and O–H groups in total. The number of nitrogens with zero attached hydrogens (tertiary/aromatic N) is 1. The summed E-state index contributed by atoms with van der Waals surface area (Å²) in [5, 5.41) is 28.0. The minimum atomic E-state index is -1.44. The van der Waals surface area contributed by atoms with Gasteiger partial charge in [0, 0.05) is 20.2 Å². The Hall–Kier alpha value is -1.83. The second kappa shape index (κ2) is 9.15. The van der Waals surface area contributed by atoms with Crippen LogP contribution in [-0.2, 0) is 9.59 Å². The molecule has 1 atom stereocenters. The molecule has 0 rings (SSSR count). The van der Waals surface area contributed by atoms with E-state index in [1.54, 1.807) is 0 Å². The lowest BCUT2D eigenvalue weighted by molar-refractivity contribution is -0.145. The van der Waals surface area contributed by atoms with Gasteiger partial charge in [-0.2, -0.15) is 0 Å². The Labute approximate surface area is 111 Å². The van der Waals surface area contributed by atoms with Gasteiger partial charge < -0.3 is 25.5 Å². The number of aliphatic hydroxyl groups excluding tert-OH is 1. The Morgan fingerprint density at radius 2 is 1.79 bits per heavy atom. The summed E-state index contributed by atoms with van der Waals surface area (Å²) in [7, 11) is 1.49. The number of carbonyl (C=O) groups excluding carboxylic acids is 1. The van der Waals surface area contributed by atoms with Gasteiger partial charge in [-0.15, -0.1) is 0 Å². The van der Waals surface area contributed by atoms with Gasteiger partial charge in [0.2, 0.25) is 0 Å². The van der Waals surface area contributed by atoms with Gasteiger partial charge in [-0.1, -0.05) is 0 Å². The van der Waals surface area contributed by atoms with Gasteiger partial charge in [0.1, 0.15) is 6.04 Å². The monoisotopic (exact) mass is 276 g/mol. The summed E-state index contributed by atoms with van der Waals surface area (Å²) in [5.41, 5.74) is 0. The number of aliphatic hydroxyl groups is 1. The fraction of sp³-hybridized carbons (Fsp3) is 0.727. The first-order valence-electron chi connectivity index (χ1n) is 5.95. The van der Waals surface area contributed by atoms with Gasteiger partial charge in [0.25, 0.3) is 0 Å². The number of unbranched alkanes of at least 4 members (excludes halogenated alkanes) is 2. The van der Waals surface area contributed by atoms with Crippen molar-refractivity contribution in [1.82, 2.24) is 10.2 Å². The summed E-state index contributed by atoms with van der Waals surface area (Å²) in [4.78, 5) is 34.1. The van der Waals surface area contributed by atoms with Crippen molar-refractivity contribution in [2.45, 2.75) is 31.7 Å². The van der Waals surface area contributed by atoms with E-state index < -0.39 is 30.4 Å². The fourth-order valence-electron chi connectivity index (χ4n) is 1.37. The summed E-state index contributed by atoms with van der Waals surface area (Å²) >= 11 is 0. The highest BCUT2D eigenvalue weighted by molar-refractivity contribution is 5.86. The largest absolute Gasteiger partial charge is 0.481 e. The standard InChI is InChI=1S/C11H20N2O6/c1-13(5-3-2-4-6-14)11(19)12-8(10(17)18)7-9(15)16/h8,14H,2-7H2,1H3,(H,12,19)(H,15,16)(H,17,18)/t8-/m1/s1. The zero-order valence-corrected chi connectivity index (χ0v) is 10.8. The van der Waals surface area contributed by atoms with Crippen molar-refractivity contribution in [3.05, 3.63) is 0 Å². The molecule has 0 saturated heterocycles. The molecule has 0 aromatic rings. The molecule has 8 nitrogen and oxygen atoms in total. The van der Waals surface area contributed by atoms with E-state index >= 15 is 0 Å². The van der Waals surface area contributed by atoms with Gasteiger partial charge in [-0.25, -0.2) is 9.59 Å². The Balaban J connectivity index is 4.16. The number of carboxylic acids is 2. The van der Waals surface area contributed by atoms with Gasteiger partial charge in [-0.3, -0.25) is 4.79 Å². The molecule has 0 saturated carbocycles. The van der Waals surface area contributed by atoms with Crippen molar-refractivity contribution in [2.24, 2.45) is 0 Å². The first-order valence-corrected chi connectivity index (χ1v) is 5.95. The topological polar surface area (TPSA) is 127 Å². The smallest absolute Gasteiger partial charge is 0.326 e. The van der Waals surface area contributed by atoms with E-state index in [2.05, 4.69) is 5.32 Å². The Bertz CT molecular complexity index is 320. The minimum absolute atomic E-state index is 0.0929. The van der Waals surface area contributed by atoms with Crippen LogP contribution < -0.4 is 5.32 Å². The molecule has 2 amide bonds. The third-order valence-corrected chi connectivity index (χ3v) is 2.47. The number of amides is 2. The van der Waals surface area contributed by atoms with Crippen LogP contribution in [0.25, 0.3) is 0 Å². The van der Waals surface area contributed by atoms with Gasteiger partial charge >= 0.3 is 18.0 Å². The van der Waals surface area contributed by atoms with Gasteiger partial charge in [-0.05, 0) is 19.3 Å². The van der Waals surface area contributed by atoms with Gasteiger partial charge in [0.15, 0.2) is 0 Å². The average molecular weight is 276 g/mol. The fourth-order valence-corrected chi connectivity index (χ4v) is 1.37. The number of aliphatic carboxylic acids is 2. The number of carbonyl (C=O) groups is 3. The summed E-state index contributed by atoms with van der Waals surface area (Å²) in [6.07, 6.45) is 1.42. The molecule has 0 aliphatic heterocycles. The lowest BCUT2D eigenvalue weighted by atomic mass is 10.2. The molecular weight excluding hydrogens is 256 g/mol. The van der Waals surface area contributed by atoms with Crippen LogP contribution in [0.2, 0.25) is 0 Å².